The van der Waals surface area contributed by atoms with Crippen molar-refractivity contribution in [3.8, 4) is 17.6 Å². The minimum absolute atomic E-state index is 0.0233. The Kier molecular flexibility index (Phi) is 26.0. The largest absolute Gasteiger partial charge is 0.790 e. The molecule has 1 saturated heterocycles. The number of benzene rings is 4. The van der Waals surface area contributed by atoms with E-state index in [9.17, 15) is 61.6 Å². The fourth-order valence-corrected chi connectivity index (χ4v) is 15.0. The fraction of sp³-hybridized carbons (Fsp3) is 0.344. The fourth-order valence-electron chi connectivity index (χ4n) is 11.6. The van der Waals surface area contributed by atoms with Crippen LogP contribution >= 0.6 is 23.5 Å². The van der Waals surface area contributed by atoms with Gasteiger partial charge >= 0.3 is 0 Å². The first kappa shape index (κ1) is 78.7. The zero-order valence-electron chi connectivity index (χ0n) is 56.1. The first-order chi connectivity index (χ1) is 49.4. The van der Waals surface area contributed by atoms with Crippen LogP contribution in [0, 0.1) is 11.8 Å². The third kappa shape index (κ3) is 20.5. The van der Waals surface area contributed by atoms with E-state index < -0.39 is 95.3 Å². The van der Waals surface area contributed by atoms with E-state index in [-0.39, 0.29) is 109 Å². The van der Waals surface area contributed by atoms with Crippen LogP contribution in [0.2, 0.25) is 0 Å². The van der Waals surface area contributed by atoms with Crippen molar-refractivity contribution in [1.82, 2.24) is 30.5 Å². The van der Waals surface area contributed by atoms with E-state index in [1.54, 1.807) is 30.3 Å². The molecule has 0 saturated carbocycles. The van der Waals surface area contributed by atoms with Crippen LogP contribution in [0.25, 0.3) is 31.9 Å². The highest BCUT2D eigenvalue weighted by Gasteiger charge is 2.46. The number of nitrogens with two attached hydrogens (primary N) is 2. The summed E-state index contributed by atoms with van der Waals surface area (Å²) in [5, 5.41) is 20.9. The van der Waals surface area contributed by atoms with Crippen LogP contribution in [0.5, 0.6) is 5.75 Å². The minimum atomic E-state index is -6.27. The summed E-state index contributed by atoms with van der Waals surface area (Å²) in [4.78, 5) is 101. The molecule has 550 valence electrons. The molecule has 36 nitrogen and oxygen atoms in total. The molecule has 1 fully saturated rings. The molecule has 0 radical (unpaired) electrons. The topological polar surface area (TPSA) is 525 Å². The number of ether oxygens (including phenoxy) is 5. The second-order valence-electron chi connectivity index (χ2n) is 24.0. The Bertz CT molecular complexity index is 4780. The van der Waals surface area contributed by atoms with Gasteiger partial charge < -0.3 is 83.5 Å². The molecular weight excluding hydrogens is 1440 g/mol. The summed E-state index contributed by atoms with van der Waals surface area (Å²) in [5.41, 5.74) is 30.5. The van der Waals surface area contributed by atoms with Crippen LogP contribution in [-0.2, 0) is 76.2 Å². The molecular formula is C64H70N16O20P3S-3. The predicted octanol–water partition coefficient (Wildman–Crippen LogP) is 5.07. The monoisotopic (exact) mass is 1510 g/mol. The van der Waals surface area contributed by atoms with E-state index in [1.165, 1.54) is 28.5 Å². The molecule has 6 aromatic rings. The summed E-state index contributed by atoms with van der Waals surface area (Å²) in [5.74, 6) is 4.48. The van der Waals surface area contributed by atoms with Gasteiger partial charge in [-0.2, -0.15) is 4.58 Å². The molecule has 3 amide bonds. The molecule has 0 bridgehead atoms. The van der Waals surface area contributed by atoms with Gasteiger partial charge in [-0.15, -0.1) is 0 Å². The number of aromatic nitrogens is 3. The molecule has 2 aromatic heterocycles. The maximum absolute atomic E-state index is 13.4. The molecule has 4 aromatic carbocycles. The summed E-state index contributed by atoms with van der Waals surface area (Å²) in [6.07, 6.45) is 7.70. The summed E-state index contributed by atoms with van der Waals surface area (Å²) in [6.45, 7) is 5.96. The number of rotatable bonds is 34. The standard InChI is InChI=1S/C64H73N16O20P3S/c1-63(2)47-20-11-12-21-50(47)80(44-17-7-5-8-18-44)54(63)23-10-6-9-22-53-64(3,4)48-34-46(104(68,91)92)24-25-49(48)78(53)30-26-55(81)70-28-29-71-62(83)42-15-13-19-45(33-42)95-39-57(75-77-67)94-32-31-93-38-56(82)69-27-14-16-43-36-79(61-59(43)60(65)72-40-73-61)58-35-51(96-41-74-76-66)52(98-58)37-97-102(87,88)100-103(89,90)99-101(84,85)86/h5-13,15,17-25,33-34,36,40,51-52,57-58H,26-32,35,37-39,41H2,1-4H3,(H10-,65,68,69,70,71,72,73,81,82,83,84,85,86,87,88,89,90,91,92)/p-3. The molecule has 0 spiro atoms. The van der Waals surface area contributed by atoms with Crippen LogP contribution in [-0.4, -0.2) is 135 Å². The number of phosphoric ester groups is 1. The third-order valence-corrected chi connectivity index (χ3v) is 20.9. The number of para-hydroxylation sites is 2. The Morgan fingerprint density at radius 3 is 2.38 bits per heavy atom. The number of carbonyl (C=O) groups is 3. The number of primary sulfonamides is 1. The molecule has 6 unspecified atom stereocenters. The number of phosphoric acid groups is 3. The van der Waals surface area contributed by atoms with Gasteiger partial charge in [-0.05, 0) is 85.1 Å². The molecule has 7 N–H and O–H groups in total. The smallest absolute Gasteiger partial charge is 0.278 e. The minimum Gasteiger partial charge on any atom is -0.790 e. The molecule has 9 rings (SSSR count). The summed E-state index contributed by atoms with van der Waals surface area (Å²) in [7, 11) is -22.5. The Labute approximate surface area is 595 Å². The van der Waals surface area contributed by atoms with Crippen molar-refractivity contribution in [2.24, 2.45) is 15.4 Å². The van der Waals surface area contributed by atoms with Crippen molar-refractivity contribution in [3.05, 3.63) is 189 Å². The van der Waals surface area contributed by atoms with E-state index in [2.05, 4.69) is 120 Å². The number of allylic oxidation sites excluding steroid dienone is 6. The lowest BCUT2D eigenvalue weighted by molar-refractivity contribution is -0.436. The number of amides is 3. The summed E-state index contributed by atoms with van der Waals surface area (Å²) < 4.78 is 103. The maximum Gasteiger partial charge on any atom is 0.278 e. The highest BCUT2D eigenvalue weighted by molar-refractivity contribution is 7.89. The van der Waals surface area contributed by atoms with E-state index >= 15 is 0 Å². The first-order valence-corrected chi connectivity index (χ1v) is 37.5. The second-order valence-corrected chi connectivity index (χ2v) is 29.8. The van der Waals surface area contributed by atoms with Crippen molar-refractivity contribution >= 4 is 90.8 Å². The number of hydrogen-bond acceptors (Lipinski definition) is 26. The third-order valence-electron chi connectivity index (χ3n) is 16.3. The lowest BCUT2D eigenvalue weighted by Crippen LogP contribution is -2.35. The molecule has 6 atom stereocenters. The number of hydrogen-bond donors (Lipinski definition) is 5. The lowest BCUT2D eigenvalue weighted by atomic mass is 9.81. The van der Waals surface area contributed by atoms with Gasteiger partial charge in [0, 0.05) is 81.3 Å². The second kappa shape index (κ2) is 34.4. The van der Waals surface area contributed by atoms with E-state index in [0.29, 0.717) is 0 Å². The normalized spacial score (nSPS) is 18.6. The van der Waals surface area contributed by atoms with E-state index in [0.717, 1.165) is 40.4 Å². The number of nitrogens with zero attached hydrogens (tertiary/aromatic N) is 11. The van der Waals surface area contributed by atoms with Gasteiger partial charge in [0.1, 0.15) is 55.8 Å². The number of azide groups is 2. The predicted molar refractivity (Wildman–Crippen MR) is 367 cm³/mol. The molecule has 0 aliphatic carbocycles. The highest BCUT2D eigenvalue weighted by atomic mass is 32.2. The van der Waals surface area contributed by atoms with Gasteiger partial charge in [-0.3, -0.25) is 27.8 Å². The number of nitrogens with one attached hydrogen (secondary N) is 3. The van der Waals surface area contributed by atoms with Crippen molar-refractivity contribution in [3.63, 3.8) is 0 Å². The van der Waals surface area contributed by atoms with E-state index in [4.69, 9.17) is 40.1 Å². The summed E-state index contributed by atoms with van der Waals surface area (Å²) >= 11 is 0. The van der Waals surface area contributed by atoms with Gasteiger partial charge in [-0.25, -0.2) is 27.8 Å². The van der Waals surface area contributed by atoms with E-state index in [1.807, 2.05) is 73.1 Å². The quantitative estimate of drug-likeness (QED) is 0.00514. The van der Waals surface area contributed by atoms with Crippen LogP contribution < -0.4 is 56.0 Å². The van der Waals surface area contributed by atoms with Gasteiger partial charge in [0.05, 0.1) is 68.0 Å². The van der Waals surface area contributed by atoms with Crippen LogP contribution in [0.4, 0.5) is 22.9 Å². The molecule has 40 heteroatoms. The Morgan fingerprint density at radius 1 is 0.875 bits per heavy atom. The molecule has 3 aliphatic heterocycles. The number of sulfonamides is 1. The summed E-state index contributed by atoms with van der Waals surface area (Å²) in [6, 6.07) is 29.4. The van der Waals surface area contributed by atoms with Crippen molar-refractivity contribution < 1.29 is 97.5 Å². The molecule has 104 heavy (non-hydrogen) atoms. The highest BCUT2D eigenvalue weighted by Crippen LogP contribution is 2.61. The van der Waals surface area contributed by atoms with Gasteiger partial charge in [-0.1, -0.05) is 96.6 Å². The van der Waals surface area contributed by atoms with Crippen molar-refractivity contribution in [1.29, 1.82) is 0 Å². The molecule has 3 aliphatic rings. The van der Waals surface area contributed by atoms with Crippen LogP contribution in [0.1, 0.15) is 73.8 Å². The average molecular weight is 1510 g/mol. The number of carbonyl (C=O) groups excluding carboxylic acids is 3. The number of anilines is 3. The van der Waals surface area contributed by atoms with Crippen molar-refractivity contribution in [2.75, 3.05) is 76.6 Å². The van der Waals surface area contributed by atoms with Gasteiger partial charge in [0.2, 0.25) is 27.5 Å². The Morgan fingerprint density at radius 2 is 1.63 bits per heavy atom. The Hall–Kier alpha value is -9.46. The van der Waals surface area contributed by atoms with Crippen molar-refractivity contribution in [2.45, 2.75) is 80.9 Å². The number of fused-ring (bicyclic) bond motifs is 3. The zero-order chi connectivity index (χ0) is 75.0. The van der Waals surface area contributed by atoms with Gasteiger partial charge in [0.25, 0.3) is 21.6 Å². The Balaban J connectivity index is 0.712. The maximum atomic E-state index is 13.4. The first-order valence-electron chi connectivity index (χ1n) is 31.6. The van der Waals surface area contributed by atoms with Gasteiger partial charge in [0.15, 0.2) is 18.5 Å². The lowest BCUT2D eigenvalue weighted by Gasteiger charge is -2.37. The van der Waals surface area contributed by atoms with Crippen LogP contribution in [0.15, 0.2) is 161 Å². The molecule has 5 heterocycles. The van der Waals surface area contributed by atoms with Crippen LogP contribution in [0.3, 0.4) is 0 Å². The zero-order valence-corrected chi connectivity index (χ0v) is 59.6. The SMILES string of the molecule is CC1(C)C(=CC=CC=CC2=[N+](CCC(=O)NCCNC(=O)c3cccc(OCC(N=[N+]=[N-])OCCOCC(=O)NCC#Cc4cn(C5CC(OCN=[N+]=[N-])C(COP(=O)([O-])OP(=O)([O-])OP(=O)([O-])[O-])O5)c5ncnc(N)c45)c3)c3ccc(S(N)(=O)=O)cc3C2(C)C)N(c2ccccc2)c2ccccc21. The average Bonchev–Trinajstić information content (AvgIpc) is 1.61. The number of nitrogen functional groups attached to an aromatic ring is 1.